The Bertz CT molecular complexity index is 368. The van der Waals surface area contributed by atoms with Gasteiger partial charge >= 0.3 is 11.9 Å². The van der Waals surface area contributed by atoms with E-state index in [0.29, 0.717) is 11.8 Å². The number of hydrogen-bond donors (Lipinski definition) is 2. The summed E-state index contributed by atoms with van der Waals surface area (Å²) in [6, 6.07) is 0. The van der Waals surface area contributed by atoms with Crippen molar-refractivity contribution in [1.82, 2.24) is 0 Å². The Hall–Kier alpha value is -0.360. The van der Waals surface area contributed by atoms with Gasteiger partial charge in [-0.1, -0.05) is 44.0 Å². The van der Waals surface area contributed by atoms with Gasteiger partial charge in [0.15, 0.2) is 0 Å². The molecule has 1 aliphatic rings. The highest BCUT2D eigenvalue weighted by Crippen LogP contribution is 2.48. The van der Waals surface area contributed by atoms with Crippen molar-refractivity contribution < 1.29 is 19.8 Å². The first-order valence-corrected chi connectivity index (χ1v) is 7.18. The lowest BCUT2D eigenvalue weighted by Crippen LogP contribution is -2.47. The van der Waals surface area contributed by atoms with Crippen LogP contribution in [0.3, 0.4) is 0 Å². The van der Waals surface area contributed by atoms with E-state index in [1.54, 1.807) is 19.1 Å². The molecule has 0 bridgehead atoms. The average molecular weight is 370 g/mol. The van der Waals surface area contributed by atoms with Crippen LogP contribution < -0.4 is 0 Å². The summed E-state index contributed by atoms with van der Waals surface area (Å²) in [6.07, 6.45) is 3.67. The number of rotatable bonds is 4. The first-order valence-electron chi connectivity index (χ1n) is 5.15. The van der Waals surface area contributed by atoms with Crippen LogP contribution in [0, 0.1) is 10.8 Å². The molecule has 0 aromatic carbocycles. The zero-order chi connectivity index (χ0) is 13.3. The van der Waals surface area contributed by atoms with Crippen molar-refractivity contribution in [1.29, 1.82) is 0 Å². The zero-order valence-electron chi connectivity index (χ0n) is 9.32. The molecule has 2 N–H and O–H groups in total. The van der Waals surface area contributed by atoms with Crippen LogP contribution in [0.5, 0.6) is 0 Å². The third-order valence-corrected chi connectivity index (χ3v) is 4.88. The fourth-order valence-electron chi connectivity index (χ4n) is 2.14. The van der Waals surface area contributed by atoms with E-state index in [9.17, 15) is 19.8 Å². The highest BCUT2D eigenvalue weighted by atomic mass is 79.9. The maximum atomic E-state index is 11.5. The minimum Gasteiger partial charge on any atom is -0.481 e. The van der Waals surface area contributed by atoms with Crippen molar-refractivity contribution in [2.75, 3.05) is 5.33 Å². The van der Waals surface area contributed by atoms with Crippen LogP contribution in [-0.4, -0.2) is 32.3 Å². The number of aliphatic carboxylic acids is 2. The first-order chi connectivity index (χ1) is 7.78. The van der Waals surface area contributed by atoms with E-state index in [1.807, 2.05) is 0 Å². The predicted octanol–water partition coefficient (Wildman–Crippen LogP) is 2.66. The highest BCUT2D eigenvalue weighted by Gasteiger charge is 2.52. The number of alkyl halides is 2. The summed E-state index contributed by atoms with van der Waals surface area (Å²) < 4.78 is 0. The van der Waals surface area contributed by atoms with E-state index in [4.69, 9.17) is 0 Å². The predicted molar refractivity (Wildman–Crippen MR) is 70.7 cm³/mol. The summed E-state index contributed by atoms with van der Waals surface area (Å²) in [5, 5.41) is 19.1. The molecule has 0 radical (unpaired) electrons. The fourth-order valence-corrected chi connectivity index (χ4v) is 3.58. The maximum Gasteiger partial charge on any atom is 0.313 e. The van der Waals surface area contributed by atoms with Gasteiger partial charge < -0.3 is 10.2 Å². The first kappa shape index (κ1) is 14.7. The lowest BCUT2D eigenvalue weighted by Gasteiger charge is -2.41. The molecule has 0 saturated heterocycles. The number of carboxylic acid groups (broad SMARTS) is 2. The van der Waals surface area contributed by atoms with Crippen LogP contribution in [0.2, 0.25) is 0 Å². The van der Waals surface area contributed by atoms with Gasteiger partial charge in [-0.15, -0.1) is 0 Å². The molecule has 0 amide bonds. The monoisotopic (exact) mass is 368 g/mol. The van der Waals surface area contributed by atoms with Crippen molar-refractivity contribution in [3.05, 3.63) is 12.2 Å². The standard InChI is InChI=1S/C11H14Br2O4/c1-10(8(14)15)3-2-7(13)11(6-10,4-5-12)9(16)17/h2-3,7H,4-6H2,1H3,(H,14,15)(H,16,17). The summed E-state index contributed by atoms with van der Waals surface area (Å²) >= 11 is 6.57. The van der Waals surface area contributed by atoms with Gasteiger partial charge in [-0.25, -0.2) is 0 Å². The van der Waals surface area contributed by atoms with Gasteiger partial charge in [-0.05, 0) is 19.8 Å². The third-order valence-electron chi connectivity index (χ3n) is 3.30. The second-order valence-electron chi connectivity index (χ2n) is 4.56. The summed E-state index contributed by atoms with van der Waals surface area (Å²) in [6.45, 7) is 1.55. The van der Waals surface area contributed by atoms with Gasteiger partial charge in [-0.2, -0.15) is 0 Å². The Morgan fingerprint density at radius 3 is 2.41 bits per heavy atom. The quantitative estimate of drug-likeness (QED) is 0.590. The highest BCUT2D eigenvalue weighted by molar-refractivity contribution is 9.09. The average Bonchev–Trinajstić information content (AvgIpc) is 2.23. The van der Waals surface area contributed by atoms with E-state index in [0.717, 1.165) is 0 Å². The smallest absolute Gasteiger partial charge is 0.313 e. The summed E-state index contributed by atoms with van der Waals surface area (Å²) in [7, 11) is 0. The second kappa shape index (κ2) is 5.10. The molecule has 3 unspecified atom stereocenters. The van der Waals surface area contributed by atoms with E-state index < -0.39 is 22.8 Å². The molecule has 4 nitrogen and oxygen atoms in total. The third kappa shape index (κ3) is 2.57. The van der Waals surface area contributed by atoms with Crippen LogP contribution in [0.4, 0.5) is 0 Å². The largest absolute Gasteiger partial charge is 0.481 e. The molecule has 0 aliphatic heterocycles. The Kier molecular flexibility index (Phi) is 4.41. The second-order valence-corrected chi connectivity index (χ2v) is 6.34. The molecule has 1 rings (SSSR count). The van der Waals surface area contributed by atoms with Gasteiger partial charge in [-0.3, -0.25) is 9.59 Å². The zero-order valence-corrected chi connectivity index (χ0v) is 12.5. The molecular formula is C11H14Br2O4. The molecule has 0 spiro atoms. The van der Waals surface area contributed by atoms with E-state index in [1.165, 1.54) is 0 Å². The van der Waals surface area contributed by atoms with Crippen LogP contribution in [0.25, 0.3) is 0 Å². The van der Waals surface area contributed by atoms with E-state index >= 15 is 0 Å². The SMILES string of the molecule is CC1(C(=O)O)C=CC(Br)C(CCBr)(C(=O)O)C1. The minimum absolute atomic E-state index is 0.0860. The molecule has 0 heterocycles. The molecular weight excluding hydrogens is 356 g/mol. The normalized spacial score (nSPS) is 36.8. The molecule has 96 valence electrons. The van der Waals surface area contributed by atoms with Crippen LogP contribution in [-0.2, 0) is 9.59 Å². The molecule has 3 atom stereocenters. The van der Waals surface area contributed by atoms with Crippen molar-refractivity contribution in [2.45, 2.75) is 24.6 Å². The summed E-state index contributed by atoms with van der Waals surface area (Å²) in [5.74, 6) is -1.95. The number of allylic oxidation sites excluding steroid dienone is 1. The van der Waals surface area contributed by atoms with Gasteiger partial charge in [0.1, 0.15) is 0 Å². The minimum atomic E-state index is -1.12. The fraction of sp³-hybridized carbons (Fsp3) is 0.636. The molecule has 0 saturated carbocycles. The Morgan fingerprint density at radius 1 is 1.41 bits per heavy atom. The summed E-state index contributed by atoms with van der Waals surface area (Å²) in [4.78, 5) is 22.4. The van der Waals surface area contributed by atoms with Gasteiger partial charge in [0.25, 0.3) is 0 Å². The Balaban J connectivity index is 3.19. The number of carbonyl (C=O) groups is 2. The topological polar surface area (TPSA) is 74.6 Å². The molecule has 17 heavy (non-hydrogen) atoms. The molecule has 6 heteroatoms. The Morgan fingerprint density at radius 2 is 2.00 bits per heavy atom. The lowest BCUT2D eigenvalue weighted by atomic mass is 9.65. The van der Waals surface area contributed by atoms with Gasteiger partial charge in [0.05, 0.1) is 10.8 Å². The van der Waals surface area contributed by atoms with Crippen molar-refractivity contribution in [3.63, 3.8) is 0 Å². The lowest BCUT2D eigenvalue weighted by molar-refractivity contribution is -0.155. The van der Waals surface area contributed by atoms with Crippen LogP contribution in [0.15, 0.2) is 12.2 Å². The van der Waals surface area contributed by atoms with E-state index in [-0.39, 0.29) is 11.2 Å². The van der Waals surface area contributed by atoms with Crippen molar-refractivity contribution in [2.24, 2.45) is 10.8 Å². The maximum absolute atomic E-state index is 11.5. The molecule has 0 aromatic rings. The molecule has 1 aliphatic carbocycles. The van der Waals surface area contributed by atoms with Crippen molar-refractivity contribution in [3.8, 4) is 0 Å². The number of carboxylic acids is 2. The number of halogens is 2. The summed E-state index contributed by atoms with van der Waals surface area (Å²) in [5.41, 5.74) is -2.20. The van der Waals surface area contributed by atoms with Crippen LogP contribution in [0.1, 0.15) is 19.8 Å². The Labute approximate surface area is 116 Å². The van der Waals surface area contributed by atoms with Gasteiger partial charge in [0, 0.05) is 10.2 Å². The molecule has 0 aromatic heterocycles. The van der Waals surface area contributed by atoms with Crippen molar-refractivity contribution >= 4 is 43.8 Å². The molecule has 0 fully saturated rings. The van der Waals surface area contributed by atoms with E-state index in [2.05, 4.69) is 31.9 Å². The van der Waals surface area contributed by atoms with Gasteiger partial charge in [0.2, 0.25) is 0 Å². The van der Waals surface area contributed by atoms with Crippen LogP contribution >= 0.6 is 31.9 Å². The number of hydrogen-bond acceptors (Lipinski definition) is 2.